The van der Waals surface area contributed by atoms with Gasteiger partial charge < -0.3 is 10.7 Å². The Hall–Kier alpha value is -2.44. The van der Waals surface area contributed by atoms with Gasteiger partial charge in [-0.05, 0) is 32.1 Å². The van der Waals surface area contributed by atoms with E-state index in [1.807, 2.05) is 38.1 Å². The van der Waals surface area contributed by atoms with Crippen molar-refractivity contribution in [2.24, 2.45) is 16.6 Å². The number of pyridine rings is 1. The third-order valence-electron chi connectivity index (χ3n) is 3.15. The van der Waals surface area contributed by atoms with Crippen LogP contribution in [0, 0.1) is 0 Å². The second-order valence-corrected chi connectivity index (χ2v) is 5.42. The molecule has 0 aliphatic heterocycles. The first kappa shape index (κ1) is 19.6. The molecule has 6 nitrogen and oxygen atoms in total. The van der Waals surface area contributed by atoms with Gasteiger partial charge in [0.15, 0.2) is 0 Å². The standard InChI is InChI=1S/C18H28N6/c1-4-8-17(21-5-2)14-23(11-12-24(20)13-16(3)19)15-18-9-6-7-10-22-18/h4-10,13H,1,11-12,14-15,19-20H2,2-3H3/b16-13-,17-8-,21-5?. The van der Waals surface area contributed by atoms with E-state index in [0.717, 1.165) is 17.9 Å². The maximum atomic E-state index is 5.94. The highest BCUT2D eigenvalue weighted by Gasteiger charge is 2.10. The fraction of sp³-hybridized carbons (Fsp3) is 0.333. The molecule has 1 rings (SSSR count). The number of allylic oxidation sites excluding steroid dienone is 3. The zero-order valence-corrected chi connectivity index (χ0v) is 14.6. The van der Waals surface area contributed by atoms with Crippen LogP contribution in [-0.2, 0) is 6.54 Å². The van der Waals surface area contributed by atoms with Crippen LogP contribution in [0.1, 0.15) is 19.5 Å². The first-order valence-electron chi connectivity index (χ1n) is 7.93. The molecule has 6 heteroatoms. The van der Waals surface area contributed by atoms with Crippen molar-refractivity contribution < 1.29 is 0 Å². The van der Waals surface area contributed by atoms with Crippen molar-refractivity contribution >= 4 is 6.21 Å². The Kier molecular flexibility index (Phi) is 9.11. The quantitative estimate of drug-likeness (QED) is 0.297. The molecule has 24 heavy (non-hydrogen) atoms. The molecule has 0 aliphatic rings. The van der Waals surface area contributed by atoms with Crippen molar-refractivity contribution in [3.8, 4) is 0 Å². The molecule has 0 spiro atoms. The average molecular weight is 328 g/mol. The normalized spacial score (nSPS) is 12.8. The molecule has 130 valence electrons. The Labute approximate surface area is 144 Å². The average Bonchev–Trinajstić information content (AvgIpc) is 2.53. The summed E-state index contributed by atoms with van der Waals surface area (Å²) < 4.78 is 0. The van der Waals surface area contributed by atoms with E-state index >= 15 is 0 Å². The van der Waals surface area contributed by atoms with Gasteiger partial charge >= 0.3 is 0 Å². The van der Waals surface area contributed by atoms with E-state index in [2.05, 4.69) is 21.5 Å². The maximum absolute atomic E-state index is 5.94. The lowest BCUT2D eigenvalue weighted by molar-refractivity contribution is 0.243. The molecule has 1 aromatic heterocycles. The zero-order valence-electron chi connectivity index (χ0n) is 14.6. The maximum Gasteiger partial charge on any atom is 0.0544 e. The number of hydrazine groups is 1. The second-order valence-electron chi connectivity index (χ2n) is 5.42. The van der Waals surface area contributed by atoms with Crippen LogP contribution < -0.4 is 11.6 Å². The van der Waals surface area contributed by atoms with Gasteiger partial charge in [0.05, 0.1) is 11.4 Å². The van der Waals surface area contributed by atoms with Gasteiger partial charge in [-0.25, -0.2) is 5.84 Å². The van der Waals surface area contributed by atoms with Crippen LogP contribution in [-0.4, -0.2) is 40.7 Å². The summed E-state index contributed by atoms with van der Waals surface area (Å²) in [6.07, 6.45) is 8.97. The van der Waals surface area contributed by atoms with E-state index in [0.29, 0.717) is 25.3 Å². The number of hydrogen-bond acceptors (Lipinski definition) is 6. The van der Waals surface area contributed by atoms with Gasteiger partial charge in [0.25, 0.3) is 0 Å². The molecule has 0 saturated heterocycles. The minimum atomic E-state index is 0.651. The third-order valence-corrected chi connectivity index (χ3v) is 3.15. The largest absolute Gasteiger partial charge is 0.401 e. The SMILES string of the molecule is C=C/C=C(/CN(CCN(N)/C=C(/C)N)Cc1ccccn1)N=CC. The van der Waals surface area contributed by atoms with Crippen molar-refractivity contribution in [2.75, 3.05) is 19.6 Å². The molecule has 0 unspecified atom stereocenters. The summed E-state index contributed by atoms with van der Waals surface area (Å²) in [5, 5.41) is 1.60. The summed E-state index contributed by atoms with van der Waals surface area (Å²) in [6, 6.07) is 5.91. The van der Waals surface area contributed by atoms with Gasteiger partial charge in [-0.15, -0.1) is 0 Å². The van der Waals surface area contributed by atoms with Crippen molar-refractivity contribution in [1.29, 1.82) is 0 Å². The Balaban J connectivity index is 2.80. The summed E-state index contributed by atoms with van der Waals surface area (Å²) in [4.78, 5) is 11.0. The lowest BCUT2D eigenvalue weighted by Crippen LogP contribution is -2.37. The van der Waals surface area contributed by atoms with Gasteiger partial charge in [-0.3, -0.25) is 14.9 Å². The molecular formula is C18H28N6. The van der Waals surface area contributed by atoms with E-state index in [4.69, 9.17) is 11.6 Å². The van der Waals surface area contributed by atoms with Crippen LogP contribution in [0.2, 0.25) is 0 Å². The molecule has 0 fully saturated rings. The number of aliphatic imine (C=N–C) groups is 1. The van der Waals surface area contributed by atoms with Crippen molar-refractivity contribution in [3.63, 3.8) is 0 Å². The Morgan fingerprint density at radius 2 is 2.17 bits per heavy atom. The zero-order chi connectivity index (χ0) is 17.8. The van der Waals surface area contributed by atoms with E-state index in [-0.39, 0.29) is 0 Å². The molecule has 4 N–H and O–H groups in total. The van der Waals surface area contributed by atoms with Gasteiger partial charge in [-0.1, -0.05) is 18.7 Å². The van der Waals surface area contributed by atoms with E-state index in [1.165, 1.54) is 0 Å². The van der Waals surface area contributed by atoms with Crippen molar-refractivity contribution in [3.05, 3.63) is 66.4 Å². The Morgan fingerprint density at radius 1 is 1.38 bits per heavy atom. The van der Waals surface area contributed by atoms with Gasteiger partial charge in [0.1, 0.15) is 0 Å². The fourth-order valence-electron chi connectivity index (χ4n) is 2.19. The van der Waals surface area contributed by atoms with Crippen LogP contribution >= 0.6 is 0 Å². The highest BCUT2D eigenvalue weighted by Crippen LogP contribution is 2.07. The van der Waals surface area contributed by atoms with E-state index < -0.39 is 0 Å². The number of aromatic nitrogens is 1. The topological polar surface area (TPSA) is 83.8 Å². The fourth-order valence-corrected chi connectivity index (χ4v) is 2.19. The van der Waals surface area contributed by atoms with Gasteiger partial charge in [0.2, 0.25) is 0 Å². The Morgan fingerprint density at radius 3 is 2.75 bits per heavy atom. The van der Waals surface area contributed by atoms with Crippen LogP contribution in [0.4, 0.5) is 0 Å². The van der Waals surface area contributed by atoms with Gasteiger partial charge in [-0.2, -0.15) is 0 Å². The lowest BCUT2D eigenvalue weighted by atomic mass is 10.3. The summed E-state index contributed by atoms with van der Waals surface area (Å²) >= 11 is 0. The Bertz CT molecular complexity index is 572. The highest BCUT2D eigenvalue weighted by atomic mass is 15.4. The predicted octanol–water partition coefficient (Wildman–Crippen LogP) is 2.04. The molecule has 0 atom stereocenters. The second kappa shape index (κ2) is 11.2. The summed E-state index contributed by atoms with van der Waals surface area (Å²) in [5.74, 6) is 5.94. The predicted molar refractivity (Wildman–Crippen MR) is 101 cm³/mol. The first-order chi connectivity index (χ1) is 11.5. The number of nitrogens with two attached hydrogens (primary N) is 2. The highest BCUT2D eigenvalue weighted by molar-refractivity contribution is 5.55. The van der Waals surface area contributed by atoms with E-state index in [9.17, 15) is 0 Å². The van der Waals surface area contributed by atoms with Crippen molar-refractivity contribution in [1.82, 2.24) is 14.9 Å². The molecule has 0 aromatic carbocycles. The van der Waals surface area contributed by atoms with Crippen LogP contribution in [0.15, 0.2) is 65.7 Å². The number of rotatable bonds is 10. The number of nitrogens with zero attached hydrogens (tertiary/aromatic N) is 4. The molecule has 0 bridgehead atoms. The molecule has 1 heterocycles. The van der Waals surface area contributed by atoms with Gasteiger partial charge in [0, 0.05) is 50.5 Å². The molecule has 0 amide bonds. The molecule has 0 radical (unpaired) electrons. The van der Waals surface area contributed by atoms with E-state index in [1.54, 1.807) is 29.7 Å². The first-order valence-corrected chi connectivity index (χ1v) is 7.93. The van der Waals surface area contributed by atoms with Crippen molar-refractivity contribution in [2.45, 2.75) is 20.4 Å². The van der Waals surface area contributed by atoms with Crippen LogP contribution in [0.5, 0.6) is 0 Å². The molecule has 1 aromatic rings. The molecular weight excluding hydrogens is 300 g/mol. The summed E-state index contributed by atoms with van der Waals surface area (Å²) in [5.41, 5.74) is 8.28. The minimum absolute atomic E-state index is 0.651. The lowest BCUT2D eigenvalue weighted by Gasteiger charge is -2.24. The monoisotopic (exact) mass is 328 g/mol. The summed E-state index contributed by atoms with van der Waals surface area (Å²) in [7, 11) is 0. The third kappa shape index (κ3) is 8.26. The minimum Gasteiger partial charge on any atom is -0.401 e. The number of hydrogen-bond donors (Lipinski definition) is 2. The molecule has 0 aliphatic carbocycles. The van der Waals surface area contributed by atoms with Crippen LogP contribution in [0.25, 0.3) is 0 Å². The smallest absolute Gasteiger partial charge is 0.0544 e. The summed E-state index contributed by atoms with van der Waals surface area (Å²) in [6.45, 7) is 10.3. The van der Waals surface area contributed by atoms with Crippen LogP contribution in [0.3, 0.4) is 0 Å². The molecule has 0 saturated carbocycles.